The Bertz CT molecular complexity index is 1530. The number of aliphatic carboxylic acids is 1. The number of esters is 1. The number of carbonyl (C=O) groups excluding carboxylic acids is 1. The fourth-order valence-electron chi connectivity index (χ4n) is 8.55. The summed E-state index contributed by atoms with van der Waals surface area (Å²) in [6, 6.07) is 0. The van der Waals surface area contributed by atoms with E-state index in [0.29, 0.717) is 32.1 Å². The molecule has 322 valence electrons. The number of hydrogen-bond acceptors (Lipinski definition) is 10. The molecular formula is C47H68O11. The number of carbonyl (C=O) groups is 2. The minimum absolute atomic E-state index is 0.0606. The summed E-state index contributed by atoms with van der Waals surface area (Å²) < 4.78 is 31.6. The van der Waals surface area contributed by atoms with Gasteiger partial charge in [-0.25, -0.2) is 4.79 Å². The molecular weight excluding hydrogens is 741 g/mol. The second-order valence-electron chi connectivity index (χ2n) is 16.9. The maximum Gasteiger partial charge on any atom is 0.331 e. The van der Waals surface area contributed by atoms with Crippen LogP contribution in [0.15, 0.2) is 84.6 Å². The molecule has 6 heterocycles. The van der Waals surface area contributed by atoms with Crippen LogP contribution in [0.4, 0.5) is 0 Å². The van der Waals surface area contributed by atoms with Crippen molar-refractivity contribution in [2.24, 2.45) is 17.8 Å². The summed E-state index contributed by atoms with van der Waals surface area (Å²) in [5, 5.41) is 41.7. The van der Waals surface area contributed by atoms with Gasteiger partial charge in [0.05, 0.1) is 42.7 Å². The summed E-state index contributed by atoms with van der Waals surface area (Å²) in [6.07, 6.45) is 27.0. The number of aliphatic hydroxyl groups is 3. The summed E-state index contributed by atoms with van der Waals surface area (Å²) in [4.78, 5) is 23.9. The molecule has 0 spiro atoms. The minimum atomic E-state index is -1.18. The molecule has 0 radical (unpaired) electrons. The Morgan fingerprint density at radius 1 is 0.741 bits per heavy atom. The molecule has 6 aliphatic rings. The van der Waals surface area contributed by atoms with E-state index in [1.165, 1.54) is 6.08 Å². The van der Waals surface area contributed by atoms with E-state index < -0.39 is 48.6 Å². The number of carboxylic acids is 1. The molecule has 4 N–H and O–H groups in total. The fourth-order valence-corrected chi connectivity index (χ4v) is 8.55. The topological polar surface area (TPSA) is 161 Å². The molecule has 15 atom stereocenters. The van der Waals surface area contributed by atoms with E-state index in [1.807, 2.05) is 44.2 Å². The highest BCUT2D eigenvalue weighted by atomic mass is 16.6. The molecule has 6 aliphatic heterocycles. The van der Waals surface area contributed by atoms with Gasteiger partial charge in [0.2, 0.25) is 0 Å². The second kappa shape index (κ2) is 23.0. The highest BCUT2D eigenvalue weighted by Gasteiger charge is 2.45. The number of aliphatic hydroxyl groups excluding tert-OH is 3. The summed E-state index contributed by atoms with van der Waals surface area (Å²) in [6.45, 7) is 8.19. The molecule has 0 aromatic rings. The molecule has 0 unspecified atom stereocenters. The number of ether oxygens (including phenoxy) is 5. The Hall–Kier alpha value is -3.16. The van der Waals surface area contributed by atoms with Gasteiger partial charge in [0.1, 0.15) is 24.4 Å². The maximum absolute atomic E-state index is 13.0. The zero-order chi connectivity index (χ0) is 41.6. The molecule has 0 saturated carbocycles. The summed E-state index contributed by atoms with van der Waals surface area (Å²) in [5.74, 6) is -0.996. The van der Waals surface area contributed by atoms with Crippen molar-refractivity contribution in [2.45, 2.75) is 178 Å². The highest BCUT2D eigenvalue weighted by Crippen LogP contribution is 2.38. The van der Waals surface area contributed by atoms with Crippen molar-refractivity contribution in [1.82, 2.24) is 0 Å². The van der Waals surface area contributed by atoms with Crippen LogP contribution in [0.2, 0.25) is 0 Å². The van der Waals surface area contributed by atoms with Crippen molar-refractivity contribution in [2.75, 3.05) is 0 Å². The predicted molar refractivity (Wildman–Crippen MR) is 222 cm³/mol. The smallest absolute Gasteiger partial charge is 0.331 e. The lowest BCUT2D eigenvalue weighted by Crippen LogP contribution is -2.50. The molecule has 58 heavy (non-hydrogen) atoms. The Balaban J connectivity index is 1.27. The van der Waals surface area contributed by atoms with Gasteiger partial charge in [-0.2, -0.15) is 0 Å². The molecule has 3 fully saturated rings. The molecule has 0 aliphatic carbocycles. The van der Waals surface area contributed by atoms with Gasteiger partial charge < -0.3 is 44.1 Å². The van der Waals surface area contributed by atoms with Crippen LogP contribution in [0, 0.1) is 17.8 Å². The Kier molecular flexibility index (Phi) is 18.2. The van der Waals surface area contributed by atoms with Gasteiger partial charge in [0.25, 0.3) is 0 Å². The van der Waals surface area contributed by atoms with Gasteiger partial charge in [-0.3, -0.25) is 4.79 Å². The van der Waals surface area contributed by atoms with Crippen molar-refractivity contribution in [3.05, 3.63) is 84.6 Å². The maximum atomic E-state index is 13.0. The van der Waals surface area contributed by atoms with Crippen LogP contribution in [-0.4, -0.2) is 106 Å². The first-order chi connectivity index (χ1) is 27.9. The average molecular weight is 809 g/mol. The molecule has 11 nitrogen and oxygen atoms in total. The third-order valence-corrected chi connectivity index (χ3v) is 12.2. The number of fused-ring (bicyclic) bond motifs is 14. The monoisotopic (exact) mass is 808 g/mol. The average Bonchev–Trinajstić information content (AvgIpc) is 3.54. The van der Waals surface area contributed by atoms with Crippen LogP contribution in [0.3, 0.4) is 0 Å². The van der Waals surface area contributed by atoms with Gasteiger partial charge in [-0.15, -0.1) is 0 Å². The van der Waals surface area contributed by atoms with Gasteiger partial charge in [0, 0.05) is 37.2 Å². The number of hydrogen-bond donors (Lipinski definition) is 4. The molecule has 0 amide bonds. The Morgan fingerprint density at radius 3 is 2.26 bits per heavy atom. The largest absolute Gasteiger partial charge is 0.481 e. The second-order valence-corrected chi connectivity index (χ2v) is 16.9. The lowest BCUT2D eigenvalue weighted by atomic mass is 9.85. The van der Waals surface area contributed by atoms with E-state index >= 15 is 0 Å². The van der Waals surface area contributed by atoms with Crippen molar-refractivity contribution in [3.63, 3.8) is 0 Å². The molecule has 11 heteroatoms. The Morgan fingerprint density at radius 2 is 1.47 bits per heavy atom. The first kappa shape index (κ1) is 45.9. The number of unbranched alkanes of at least 4 members (excludes halogenated alkanes) is 1. The quantitative estimate of drug-likeness (QED) is 0.119. The zero-order valence-corrected chi connectivity index (χ0v) is 34.8. The molecule has 3 saturated heterocycles. The molecule has 7 bridgehead atoms. The van der Waals surface area contributed by atoms with Crippen molar-refractivity contribution in [1.29, 1.82) is 0 Å². The van der Waals surface area contributed by atoms with E-state index in [2.05, 4.69) is 50.3 Å². The number of carboxylic acid groups (broad SMARTS) is 1. The SMILES string of the molecule is C/C(=C\[C@H](C)CCCCC(=O)O)[C@@H]1O[C@@H]2C=C[C@@H]1OC(=O)/C=C\CC/C=C/[C@H]1O[C@@H]3C[C@H]1O[C@@H](/C=C/C[C@H]1O[C@H](C[C@H](O)[C@H]1C)[C@@H](O)[C@@H](O)/C=C/CC/C=C/C2)[C@@H]3C. The van der Waals surface area contributed by atoms with Crippen molar-refractivity contribution in [3.8, 4) is 0 Å². The highest BCUT2D eigenvalue weighted by molar-refractivity contribution is 5.82. The van der Waals surface area contributed by atoms with E-state index in [4.69, 9.17) is 28.8 Å². The number of allylic oxidation sites excluding steroid dienone is 5. The molecule has 6 rings (SSSR count). The van der Waals surface area contributed by atoms with Crippen LogP contribution in [0.1, 0.15) is 105 Å². The van der Waals surface area contributed by atoms with Gasteiger partial charge >= 0.3 is 11.9 Å². The minimum Gasteiger partial charge on any atom is -0.481 e. The van der Waals surface area contributed by atoms with Crippen LogP contribution in [0.25, 0.3) is 0 Å². The van der Waals surface area contributed by atoms with E-state index in [9.17, 15) is 24.9 Å². The molecule has 0 aromatic carbocycles. The van der Waals surface area contributed by atoms with Gasteiger partial charge in [0.15, 0.2) is 6.10 Å². The summed E-state index contributed by atoms with van der Waals surface area (Å²) >= 11 is 0. The standard InChI is InChI=1S/C47H68O11/c1-30(17-14-15-23-44(50)51)27-31(2)47-40-26-25-34(54-47)18-10-6-5-7-11-19-35(48)46(53)43-28-36(49)32(3)37(56-43)21-16-22-38-33(4)41-29-42(55-38)39(57-41)20-12-8-9-13-24-45(52)58-40/h6,10-13,16,19-20,22,24-27,30,32-43,46-49,53H,5,7-9,14-15,17-18,21,23,28-29H2,1-4H3,(H,50,51)/b10-6+,19-11+,20-12+,22-16+,24-13-,31-27+/t30-,32-,33+,34+,35+,36+,37-,38+,39-,40+,41-,42-,43-,46+,47+/m1/s1. The van der Waals surface area contributed by atoms with Crippen molar-refractivity contribution < 1.29 is 53.7 Å². The summed E-state index contributed by atoms with van der Waals surface area (Å²) in [7, 11) is 0. The summed E-state index contributed by atoms with van der Waals surface area (Å²) in [5.41, 5.74) is 0.959. The normalized spacial score (nSPS) is 41.4. The van der Waals surface area contributed by atoms with Crippen LogP contribution in [-0.2, 0) is 33.3 Å². The van der Waals surface area contributed by atoms with Crippen LogP contribution >= 0.6 is 0 Å². The predicted octanol–water partition coefficient (Wildman–Crippen LogP) is 7.02. The van der Waals surface area contributed by atoms with E-state index in [0.717, 1.165) is 37.7 Å². The third-order valence-electron chi connectivity index (χ3n) is 12.2. The third kappa shape index (κ3) is 13.7. The first-order valence-electron chi connectivity index (χ1n) is 21.7. The molecule has 0 aromatic heterocycles. The van der Waals surface area contributed by atoms with Gasteiger partial charge in [-0.05, 0) is 75.9 Å². The van der Waals surface area contributed by atoms with E-state index in [-0.39, 0.29) is 67.2 Å². The fraction of sp³-hybridized carbons (Fsp3) is 0.660. The van der Waals surface area contributed by atoms with Crippen molar-refractivity contribution >= 4 is 11.9 Å². The lowest BCUT2D eigenvalue weighted by molar-refractivity contribution is -0.175. The van der Waals surface area contributed by atoms with E-state index in [1.54, 1.807) is 6.08 Å². The number of rotatable bonds is 7. The van der Waals surface area contributed by atoms with Gasteiger partial charge in [-0.1, -0.05) is 94.0 Å². The Labute approximate surface area is 345 Å². The van der Waals surface area contributed by atoms with Crippen LogP contribution in [0.5, 0.6) is 0 Å². The lowest BCUT2D eigenvalue weighted by Gasteiger charge is -2.40. The zero-order valence-electron chi connectivity index (χ0n) is 34.8. The van der Waals surface area contributed by atoms with Crippen LogP contribution < -0.4 is 0 Å². The first-order valence-corrected chi connectivity index (χ1v) is 21.7.